The molecule has 1 heterocycles. The van der Waals surface area contributed by atoms with Gasteiger partial charge < -0.3 is 25.6 Å². The third kappa shape index (κ3) is 12.2. The number of nitrogens with zero attached hydrogens (tertiary/aromatic N) is 3. The van der Waals surface area contributed by atoms with Crippen molar-refractivity contribution >= 4 is 33.7 Å². The van der Waals surface area contributed by atoms with Gasteiger partial charge in [0.1, 0.15) is 17.5 Å². The predicted molar refractivity (Wildman–Crippen MR) is 201 cm³/mol. The minimum absolute atomic E-state index is 0.0461. The van der Waals surface area contributed by atoms with Gasteiger partial charge in [0, 0.05) is 24.4 Å². The number of phenolic OH excluding ortho intramolecular Hbond substituents is 1. The number of aromatic nitrogens is 1. The maximum Gasteiger partial charge on any atom is 0.305 e. The fraction of sp³-hybridized carbons (Fsp3) is 0.333. The molecule has 4 aromatic rings. The summed E-state index contributed by atoms with van der Waals surface area (Å²) in [4.78, 5) is 41.3. The smallest absolute Gasteiger partial charge is 0.305 e. The summed E-state index contributed by atoms with van der Waals surface area (Å²) in [6, 6.07) is 20.5. The molecule has 1 aromatic heterocycles. The quantitative estimate of drug-likeness (QED) is 0.0396. The lowest BCUT2D eigenvalue weighted by Gasteiger charge is -2.26. The molecule has 0 aliphatic carbocycles. The number of carbonyl (C=O) groups excluding carboxylic acids is 2. The monoisotopic (exact) mass is 759 g/mol. The van der Waals surface area contributed by atoms with Gasteiger partial charge in [-0.25, -0.2) is 4.98 Å². The van der Waals surface area contributed by atoms with Crippen LogP contribution in [0.3, 0.4) is 0 Å². The van der Waals surface area contributed by atoms with Crippen LogP contribution in [0.15, 0.2) is 100 Å². The van der Waals surface area contributed by atoms with Crippen molar-refractivity contribution in [3.8, 4) is 22.6 Å². The Morgan fingerprint density at radius 2 is 1.69 bits per heavy atom. The normalized spacial score (nSPS) is 12.3. The molecule has 0 aliphatic rings. The van der Waals surface area contributed by atoms with Crippen LogP contribution in [0.2, 0.25) is 0 Å². The number of benzene rings is 3. The maximum atomic E-state index is 13.1. The summed E-state index contributed by atoms with van der Waals surface area (Å²) in [7, 11) is -4.44. The topological polar surface area (TPSA) is 217 Å². The van der Waals surface area contributed by atoms with Crippen LogP contribution in [0.1, 0.15) is 67.9 Å². The molecule has 54 heavy (non-hydrogen) atoms. The Bertz CT molecular complexity index is 2050. The van der Waals surface area contributed by atoms with Crippen LogP contribution < -0.4 is 15.4 Å². The second kappa shape index (κ2) is 18.9. The summed E-state index contributed by atoms with van der Waals surface area (Å²) < 4.78 is 38.6. The summed E-state index contributed by atoms with van der Waals surface area (Å²) in [5.74, 6) is -1.74. The fourth-order valence-corrected chi connectivity index (χ4v) is 6.29. The lowest BCUT2D eigenvalue weighted by atomic mass is 9.87. The highest BCUT2D eigenvalue weighted by Crippen LogP contribution is 2.36. The Kier molecular flexibility index (Phi) is 14.4. The third-order valence-corrected chi connectivity index (χ3v) is 9.52. The number of azo groups is 1. The molecule has 2 amide bonds. The number of rotatable bonds is 19. The lowest BCUT2D eigenvalue weighted by molar-refractivity contribution is -0.139. The molecule has 5 N–H and O–H groups in total. The second-order valence-corrected chi connectivity index (χ2v) is 14.8. The molecule has 286 valence electrons. The third-order valence-electron chi connectivity index (χ3n) is 8.57. The standard InChI is InChI=1S/C39H45N5O9S/c1-4-26-20-30(27-12-6-5-7-13-27)32(45)22-33(26)53-19-11-10-18-39(2,3)25-41-38(49)31(21-36(46)47)43-37(48)29-16-17-35(40-23-29)44-42-24-28-14-8-9-15-34(28)54(50,51)52/h5-9,12-17,20,22-23,31,45H,4,10-11,18-19,21,24-25H2,1-3H3,(H,41,49)(H,43,48)(H,46,47)(H,50,51,52)/t31-/m0/s1. The molecule has 0 saturated heterocycles. The highest BCUT2D eigenvalue weighted by Gasteiger charge is 2.27. The minimum Gasteiger partial charge on any atom is -0.507 e. The Morgan fingerprint density at radius 3 is 2.35 bits per heavy atom. The fourth-order valence-electron chi connectivity index (χ4n) is 5.57. The Morgan fingerprint density at radius 1 is 0.963 bits per heavy atom. The van der Waals surface area contributed by atoms with E-state index in [9.17, 15) is 37.6 Å². The minimum atomic E-state index is -4.44. The highest BCUT2D eigenvalue weighted by molar-refractivity contribution is 7.85. The molecule has 0 saturated carbocycles. The van der Waals surface area contributed by atoms with Gasteiger partial charge in [0.15, 0.2) is 5.82 Å². The van der Waals surface area contributed by atoms with Gasteiger partial charge in [0.2, 0.25) is 5.91 Å². The van der Waals surface area contributed by atoms with Gasteiger partial charge >= 0.3 is 5.97 Å². The summed E-state index contributed by atoms with van der Waals surface area (Å²) >= 11 is 0. The van der Waals surface area contributed by atoms with Crippen LogP contribution in [0, 0.1) is 5.41 Å². The van der Waals surface area contributed by atoms with Crippen LogP contribution in [0.5, 0.6) is 11.5 Å². The van der Waals surface area contributed by atoms with Crippen LogP contribution in [0.25, 0.3) is 11.1 Å². The zero-order valence-electron chi connectivity index (χ0n) is 30.4. The van der Waals surface area contributed by atoms with E-state index in [1.54, 1.807) is 12.1 Å². The number of aromatic hydroxyl groups is 1. The van der Waals surface area contributed by atoms with E-state index in [4.69, 9.17) is 4.74 Å². The van der Waals surface area contributed by atoms with Gasteiger partial charge in [0.05, 0.1) is 30.0 Å². The Labute approximate surface area is 314 Å². The number of pyridine rings is 1. The van der Waals surface area contributed by atoms with Crippen LogP contribution in [0.4, 0.5) is 5.82 Å². The molecule has 0 radical (unpaired) electrons. The van der Waals surface area contributed by atoms with E-state index in [-0.39, 0.29) is 46.1 Å². The maximum absolute atomic E-state index is 13.1. The number of carbonyl (C=O) groups is 3. The number of nitrogens with one attached hydrogen (secondary N) is 2. The van der Waals surface area contributed by atoms with Crippen molar-refractivity contribution in [3.05, 3.63) is 102 Å². The molecule has 14 nitrogen and oxygen atoms in total. The van der Waals surface area contributed by atoms with E-state index >= 15 is 0 Å². The van der Waals surface area contributed by atoms with Crippen LogP contribution in [-0.2, 0) is 32.7 Å². The van der Waals surface area contributed by atoms with Gasteiger partial charge in [0.25, 0.3) is 16.0 Å². The number of hydrogen-bond donors (Lipinski definition) is 5. The largest absolute Gasteiger partial charge is 0.507 e. The van der Waals surface area contributed by atoms with E-state index in [0.29, 0.717) is 12.4 Å². The number of unbranched alkanes of at least 4 members (excludes halogenated alkanes) is 1. The van der Waals surface area contributed by atoms with Crippen molar-refractivity contribution in [2.75, 3.05) is 13.2 Å². The van der Waals surface area contributed by atoms with Crippen molar-refractivity contribution in [2.24, 2.45) is 15.6 Å². The number of phenols is 1. The van der Waals surface area contributed by atoms with E-state index in [0.717, 1.165) is 42.4 Å². The number of carboxylic acids is 1. The zero-order chi connectivity index (χ0) is 39.3. The van der Waals surface area contributed by atoms with Crippen molar-refractivity contribution in [1.82, 2.24) is 15.6 Å². The van der Waals surface area contributed by atoms with E-state index < -0.39 is 40.4 Å². The van der Waals surface area contributed by atoms with Crippen molar-refractivity contribution < 1.29 is 42.3 Å². The van der Waals surface area contributed by atoms with E-state index in [1.165, 1.54) is 36.5 Å². The molecular weight excluding hydrogens is 715 g/mol. The Balaban J connectivity index is 1.25. The predicted octanol–water partition coefficient (Wildman–Crippen LogP) is 6.51. The number of aliphatic carboxylic acids is 1. The zero-order valence-corrected chi connectivity index (χ0v) is 31.2. The van der Waals surface area contributed by atoms with E-state index in [1.807, 2.05) is 57.2 Å². The molecular formula is C39H45N5O9S. The summed E-state index contributed by atoms with van der Waals surface area (Å²) in [5, 5.41) is 33.2. The number of aryl methyl sites for hydroxylation is 1. The average Bonchev–Trinajstić information content (AvgIpc) is 3.13. The molecule has 15 heteroatoms. The number of ether oxygens (including phenoxy) is 1. The number of carboxylic acid groups (broad SMARTS) is 1. The molecule has 3 aromatic carbocycles. The van der Waals surface area contributed by atoms with Crippen LogP contribution >= 0.6 is 0 Å². The van der Waals surface area contributed by atoms with Crippen LogP contribution in [-0.4, -0.2) is 65.1 Å². The molecule has 4 rings (SSSR count). The second-order valence-electron chi connectivity index (χ2n) is 13.4. The molecule has 0 fully saturated rings. The van der Waals surface area contributed by atoms with Crippen molar-refractivity contribution in [2.45, 2.75) is 70.4 Å². The first-order valence-corrected chi connectivity index (χ1v) is 18.8. The number of amides is 2. The molecule has 0 aliphatic heterocycles. The molecule has 0 bridgehead atoms. The highest BCUT2D eigenvalue weighted by atomic mass is 32.2. The molecule has 1 atom stereocenters. The summed E-state index contributed by atoms with van der Waals surface area (Å²) in [6.45, 7) is 6.51. The van der Waals surface area contributed by atoms with Gasteiger partial charge in [-0.05, 0) is 72.1 Å². The van der Waals surface area contributed by atoms with Crippen molar-refractivity contribution in [3.63, 3.8) is 0 Å². The number of hydrogen-bond acceptors (Lipinski definition) is 10. The first-order valence-electron chi connectivity index (χ1n) is 17.4. The van der Waals surface area contributed by atoms with Crippen molar-refractivity contribution in [1.29, 1.82) is 0 Å². The lowest BCUT2D eigenvalue weighted by Crippen LogP contribution is -2.49. The van der Waals surface area contributed by atoms with Gasteiger partial charge in [-0.3, -0.25) is 18.9 Å². The van der Waals surface area contributed by atoms with Gasteiger partial charge in [-0.1, -0.05) is 69.3 Å². The summed E-state index contributed by atoms with van der Waals surface area (Å²) in [6.07, 6.45) is 3.53. The Hall–Kier alpha value is -5.67. The first kappa shape index (κ1) is 41.1. The average molecular weight is 760 g/mol. The van der Waals surface area contributed by atoms with E-state index in [2.05, 4.69) is 25.8 Å². The molecule has 0 spiro atoms. The summed E-state index contributed by atoms with van der Waals surface area (Å²) in [5.41, 5.74) is 2.60. The first-order chi connectivity index (χ1) is 25.7. The van der Waals surface area contributed by atoms with Gasteiger partial charge in [-0.2, -0.15) is 13.5 Å². The molecule has 0 unspecified atom stereocenters. The SMILES string of the molecule is CCc1cc(-c2ccccc2)c(O)cc1OCCCCC(C)(C)CNC(=O)[C@H](CC(=O)O)NC(=O)c1ccc(N=NCc2ccccc2S(=O)(=O)O)nc1. The van der Waals surface area contributed by atoms with Gasteiger partial charge in [-0.15, -0.1) is 5.11 Å².